The summed E-state index contributed by atoms with van der Waals surface area (Å²) in [6, 6.07) is 12.3. The van der Waals surface area contributed by atoms with Gasteiger partial charge < -0.3 is 0 Å². The van der Waals surface area contributed by atoms with Gasteiger partial charge in [-0.3, -0.25) is 0 Å². The third-order valence-electron chi connectivity index (χ3n) is 3.01. The molecule has 1 aliphatic heterocycles. The van der Waals surface area contributed by atoms with Crippen LogP contribution in [0.2, 0.25) is 0 Å². The minimum atomic E-state index is -2.29. The van der Waals surface area contributed by atoms with E-state index in [0.29, 0.717) is 6.54 Å². The molecule has 0 amide bonds. The van der Waals surface area contributed by atoms with Crippen molar-refractivity contribution in [2.45, 2.75) is 6.54 Å². The molecule has 0 fully saturated rings. The molecule has 3 rings (SSSR count). The number of hydrogen-bond acceptors (Lipinski definition) is 5. The Labute approximate surface area is 132 Å². The van der Waals surface area contributed by atoms with Crippen LogP contribution in [0.4, 0.5) is 0 Å². The summed E-state index contributed by atoms with van der Waals surface area (Å²) in [7, 11) is 12.3. The van der Waals surface area contributed by atoms with Gasteiger partial charge in [-0.1, -0.05) is 0 Å². The average molecular weight is 409 g/mol. The van der Waals surface area contributed by atoms with Crippen molar-refractivity contribution in [3.63, 3.8) is 0 Å². The van der Waals surface area contributed by atoms with Crippen LogP contribution < -0.4 is 0 Å². The summed E-state index contributed by atoms with van der Waals surface area (Å²) in [6.45, 7) is 0.708. The maximum absolute atomic E-state index is 6.52. The summed E-state index contributed by atoms with van der Waals surface area (Å²) in [4.78, 5) is 6.70. The van der Waals surface area contributed by atoms with E-state index >= 15 is 0 Å². The van der Waals surface area contributed by atoms with Gasteiger partial charge in [0, 0.05) is 0 Å². The maximum atomic E-state index is 6.52. The van der Waals surface area contributed by atoms with Crippen molar-refractivity contribution in [2.24, 2.45) is 5.10 Å². The van der Waals surface area contributed by atoms with Gasteiger partial charge in [0.15, 0.2) is 0 Å². The van der Waals surface area contributed by atoms with Crippen molar-refractivity contribution in [3.05, 3.63) is 42.1 Å². The van der Waals surface area contributed by atoms with Crippen LogP contribution in [0.5, 0.6) is 0 Å². The van der Waals surface area contributed by atoms with Gasteiger partial charge in [0.05, 0.1) is 0 Å². The molecule has 0 unspecified atom stereocenters. The molecule has 1 aromatic heterocycles. The Morgan fingerprint density at radius 1 is 1.25 bits per heavy atom. The molecule has 1 aromatic carbocycles. The molecule has 2 heterocycles. The van der Waals surface area contributed by atoms with Gasteiger partial charge in [-0.05, 0) is 0 Å². The zero-order valence-corrected chi connectivity index (χ0v) is 16.2. The number of aromatic nitrogens is 1. The summed E-state index contributed by atoms with van der Waals surface area (Å²) in [5.74, 6) is 0. The second-order valence-electron chi connectivity index (χ2n) is 4.78. The van der Waals surface area contributed by atoms with Gasteiger partial charge in [0.2, 0.25) is 0 Å². The Morgan fingerprint density at radius 3 is 2.80 bits per heavy atom. The molecule has 0 saturated carbocycles. The summed E-state index contributed by atoms with van der Waals surface area (Å²) in [6.07, 6.45) is 0. The van der Waals surface area contributed by atoms with E-state index in [1.165, 1.54) is 0 Å². The Morgan fingerprint density at radius 2 is 2.05 bits per heavy atom. The topological polar surface area (TPSA) is 31.7 Å². The molecule has 7 heteroatoms. The van der Waals surface area contributed by atoms with Gasteiger partial charge in [0.1, 0.15) is 0 Å². The van der Waals surface area contributed by atoms with Crippen molar-refractivity contribution in [3.8, 4) is 0 Å². The second-order valence-corrected chi connectivity index (χ2v) is 18.3. The van der Waals surface area contributed by atoms with Crippen LogP contribution in [0.1, 0.15) is 5.69 Å². The normalized spacial score (nSPS) is 14.8. The summed E-state index contributed by atoms with van der Waals surface area (Å²) in [5, 5.41) is 6.78. The number of hydrogen-bond donors (Lipinski definition) is 0. The van der Waals surface area contributed by atoms with Crippen LogP contribution in [-0.4, -0.2) is 51.2 Å². The first-order valence-electron chi connectivity index (χ1n) is 6.31. The fraction of sp³-hybridized carbons (Fsp3) is 0.231. The molecule has 1 aliphatic rings. The van der Waals surface area contributed by atoms with Gasteiger partial charge in [-0.2, -0.15) is 0 Å². The summed E-state index contributed by atoms with van der Waals surface area (Å²) < 4.78 is 2.07. The standard InChI is InChI=1S/C13H15N4S.ClH.In/c1-17(2)13(18)16-14-9-11-8-7-10-5-3-4-6-12(10)15-11;;/h3-8H,9H2,1-2H3,(H,16,18);1H;/q-1;;+3/p-2. The van der Waals surface area contributed by atoms with Crippen molar-refractivity contribution in [2.75, 3.05) is 14.1 Å². The molecule has 102 valence electrons. The molecular formula is C13H14ClInN4S. The predicted molar refractivity (Wildman–Crippen MR) is 87.6 cm³/mol. The van der Waals surface area contributed by atoms with Gasteiger partial charge in [-0.25, -0.2) is 0 Å². The van der Waals surface area contributed by atoms with Crippen LogP contribution in [0.15, 0.2) is 41.5 Å². The molecule has 0 radical (unpaired) electrons. The van der Waals surface area contributed by atoms with E-state index in [0.717, 1.165) is 21.8 Å². The third kappa shape index (κ3) is 3.02. The molecule has 0 aliphatic carbocycles. The zero-order valence-electron chi connectivity index (χ0n) is 11.3. The first-order valence-corrected chi connectivity index (χ1v) is 16.9. The average Bonchev–Trinajstić information content (AvgIpc) is 2.80. The number of hydrazone groups is 1. The molecule has 0 saturated heterocycles. The molecule has 2 aromatic rings. The summed E-state index contributed by atoms with van der Waals surface area (Å²) in [5.41, 5.74) is 2.05. The molecule has 0 bridgehead atoms. The second kappa shape index (κ2) is 6.03. The SMILES string of the molecule is CN(C)C1=N[N](Cc2ccc3ccccc3n2)[In]([Cl])[S]1. The van der Waals surface area contributed by atoms with Gasteiger partial charge in [0.25, 0.3) is 0 Å². The van der Waals surface area contributed by atoms with Crippen LogP contribution in [0.25, 0.3) is 10.9 Å². The van der Waals surface area contributed by atoms with Crippen LogP contribution in [0, 0.1) is 0 Å². The van der Waals surface area contributed by atoms with Crippen LogP contribution in [0.3, 0.4) is 0 Å². The molecule has 0 spiro atoms. The summed E-state index contributed by atoms with van der Waals surface area (Å²) >= 11 is -2.29. The van der Waals surface area contributed by atoms with Crippen LogP contribution >= 0.6 is 17.2 Å². The third-order valence-corrected chi connectivity index (χ3v) is 14.5. The van der Waals surface area contributed by atoms with E-state index in [2.05, 4.69) is 31.3 Å². The molecule has 0 atom stereocenters. The number of nitrogens with zero attached hydrogens (tertiary/aromatic N) is 4. The first kappa shape index (κ1) is 14.4. The van der Waals surface area contributed by atoms with E-state index < -0.39 is 19.1 Å². The van der Waals surface area contributed by atoms with E-state index in [1.807, 2.05) is 37.2 Å². The number of fused-ring (bicyclic) bond motifs is 1. The number of rotatable bonds is 2. The van der Waals surface area contributed by atoms with Gasteiger partial charge in [-0.15, -0.1) is 0 Å². The Kier molecular flexibility index (Phi) is 4.33. The Hall–Kier alpha value is -0.590. The fourth-order valence-corrected chi connectivity index (χ4v) is 12.3. The minimum absolute atomic E-state index is 0.708. The van der Waals surface area contributed by atoms with E-state index in [1.54, 1.807) is 8.59 Å². The number of benzene rings is 1. The molecule has 0 N–H and O–H groups in total. The zero-order chi connectivity index (χ0) is 14.1. The number of pyridine rings is 1. The molecule has 20 heavy (non-hydrogen) atoms. The monoisotopic (exact) mass is 408 g/mol. The first-order chi connectivity index (χ1) is 9.63. The van der Waals surface area contributed by atoms with E-state index in [4.69, 9.17) is 8.58 Å². The number of para-hydroxylation sites is 1. The quantitative estimate of drug-likeness (QED) is 0.765. The van der Waals surface area contributed by atoms with E-state index in [-0.39, 0.29) is 0 Å². The molecule has 4 nitrogen and oxygen atoms in total. The fourth-order valence-electron chi connectivity index (χ4n) is 1.99. The van der Waals surface area contributed by atoms with Crippen molar-refractivity contribution in [1.29, 1.82) is 0 Å². The Balaban J connectivity index is 1.82. The van der Waals surface area contributed by atoms with E-state index in [9.17, 15) is 0 Å². The van der Waals surface area contributed by atoms with Crippen molar-refractivity contribution in [1.82, 2.24) is 12.9 Å². The molecular weight excluding hydrogens is 395 g/mol. The number of amidine groups is 1. The predicted octanol–water partition coefficient (Wildman–Crippen LogP) is 2.84. The van der Waals surface area contributed by atoms with Crippen LogP contribution in [-0.2, 0) is 6.54 Å². The Bertz CT molecular complexity index is 664. The van der Waals surface area contributed by atoms with Crippen molar-refractivity contribution < 1.29 is 0 Å². The van der Waals surface area contributed by atoms with Gasteiger partial charge >= 0.3 is 133 Å². The number of halogens is 1. The van der Waals surface area contributed by atoms with Crippen molar-refractivity contribution >= 4 is 52.3 Å².